The van der Waals surface area contributed by atoms with E-state index in [2.05, 4.69) is 9.72 Å². The normalized spacial score (nSPS) is 11.3. The number of hydrogen-bond donors (Lipinski definition) is 1. The molecule has 4 nitrogen and oxygen atoms in total. The maximum absolute atomic E-state index is 12.3. The van der Waals surface area contributed by atoms with Crippen molar-refractivity contribution in [3.05, 3.63) is 59.5 Å². The van der Waals surface area contributed by atoms with E-state index in [-0.39, 0.29) is 11.3 Å². The summed E-state index contributed by atoms with van der Waals surface area (Å²) >= 11 is 1.31. The number of alkyl halides is 3. The Hall–Kier alpha value is -2.87. The minimum Gasteiger partial charge on any atom is -0.478 e. The smallest absolute Gasteiger partial charge is 0.478 e. The van der Waals surface area contributed by atoms with Crippen molar-refractivity contribution in [2.75, 3.05) is 0 Å². The van der Waals surface area contributed by atoms with Gasteiger partial charge in [0, 0.05) is 16.5 Å². The van der Waals surface area contributed by atoms with Gasteiger partial charge in [-0.15, -0.1) is 24.5 Å². The Balaban J connectivity index is 1.86. The third-order valence-electron chi connectivity index (χ3n) is 3.25. The highest BCUT2D eigenvalue weighted by Gasteiger charge is 2.31. The zero-order valence-electron chi connectivity index (χ0n) is 12.4. The molecule has 1 heterocycles. The molecule has 3 aromatic rings. The van der Waals surface area contributed by atoms with Gasteiger partial charge in [0.1, 0.15) is 10.8 Å². The number of aromatic carboxylic acids is 1. The average molecular weight is 365 g/mol. The fraction of sp³-hybridized carbons (Fsp3) is 0.0588. The van der Waals surface area contributed by atoms with Gasteiger partial charge in [0.2, 0.25) is 0 Å². The fourth-order valence-electron chi connectivity index (χ4n) is 2.15. The molecular formula is C17H10F3NO3S. The molecule has 3 rings (SSSR count). The van der Waals surface area contributed by atoms with E-state index in [4.69, 9.17) is 5.11 Å². The molecule has 0 radical (unpaired) electrons. The Morgan fingerprint density at radius 3 is 2.44 bits per heavy atom. The van der Waals surface area contributed by atoms with Crippen molar-refractivity contribution >= 4 is 17.3 Å². The number of carboxylic acid groups (broad SMARTS) is 1. The Bertz CT molecular complexity index is 904. The van der Waals surface area contributed by atoms with Gasteiger partial charge >= 0.3 is 12.3 Å². The summed E-state index contributed by atoms with van der Waals surface area (Å²) in [6, 6.07) is 11.8. The standard InChI is InChI=1S/C17H10F3NO3S/c18-17(19,20)24-13-3-1-2-12(8-13)14-9-25-15(21-14)10-4-6-11(7-5-10)16(22)23/h1-9H,(H,22,23). The number of thiazole rings is 1. The lowest BCUT2D eigenvalue weighted by Gasteiger charge is -2.09. The molecule has 0 aliphatic rings. The van der Waals surface area contributed by atoms with Crippen molar-refractivity contribution in [3.8, 4) is 27.6 Å². The maximum atomic E-state index is 12.3. The van der Waals surface area contributed by atoms with Crippen LogP contribution in [0.3, 0.4) is 0 Å². The molecule has 8 heteroatoms. The summed E-state index contributed by atoms with van der Waals surface area (Å²) in [6.45, 7) is 0. The van der Waals surface area contributed by atoms with Gasteiger partial charge in [-0.2, -0.15) is 0 Å². The molecule has 1 aromatic heterocycles. The van der Waals surface area contributed by atoms with Gasteiger partial charge in [-0.25, -0.2) is 9.78 Å². The molecule has 0 saturated heterocycles. The summed E-state index contributed by atoms with van der Waals surface area (Å²) in [5, 5.41) is 11.2. The molecule has 1 N–H and O–H groups in total. The van der Waals surface area contributed by atoms with E-state index in [0.717, 1.165) is 5.56 Å². The Morgan fingerprint density at radius 2 is 1.80 bits per heavy atom. The summed E-state index contributed by atoms with van der Waals surface area (Å²) in [6.07, 6.45) is -4.75. The second-order valence-electron chi connectivity index (χ2n) is 5.00. The topological polar surface area (TPSA) is 59.4 Å². The molecular weight excluding hydrogens is 355 g/mol. The highest BCUT2D eigenvalue weighted by Crippen LogP contribution is 2.31. The molecule has 0 amide bonds. The second kappa shape index (κ2) is 6.56. The molecule has 0 aliphatic carbocycles. The van der Waals surface area contributed by atoms with E-state index in [1.165, 1.54) is 41.7 Å². The molecule has 0 spiro atoms. The monoisotopic (exact) mass is 365 g/mol. The molecule has 0 saturated carbocycles. The quantitative estimate of drug-likeness (QED) is 0.701. The Labute approximate surface area is 144 Å². The first kappa shape index (κ1) is 17.0. The predicted molar refractivity (Wildman–Crippen MR) is 86.6 cm³/mol. The fourth-order valence-corrected chi connectivity index (χ4v) is 2.98. The van der Waals surface area contributed by atoms with Crippen LogP contribution in [0.1, 0.15) is 10.4 Å². The minimum absolute atomic E-state index is 0.164. The zero-order valence-corrected chi connectivity index (χ0v) is 13.3. The van der Waals surface area contributed by atoms with Gasteiger partial charge in [-0.1, -0.05) is 24.3 Å². The van der Waals surface area contributed by atoms with Gasteiger partial charge in [-0.05, 0) is 24.3 Å². The van der Waals surface area contributed by atoms with E-state index < -0.39 is 12.3 Å². The number of halogens is 3. The Kier molecular flexibility index (Phi) is 4.45. The maximum Gasteiger partial charge on any atom is 0.573 e. The first-order valence-corrected chi connectivity index (χ1v) is 7.85. The van der Waals surface area contributed by atoms with Crippen LogP contribution in [0.5, 0.6) is 5.75 Å². The van der Waals surface area contributed by atoms with Crippen molar-refractivity contribution in [2.45, 2.75) is 6.36 Å². The van der Waals surface area contributed by atoms with Crippen LogP contribution in [0.25, 0.3) is 21.8 Å². The second-order valence-corrected chi connectivity index (χ2v) is 5.85. The lowest BCUT2D eigenvalue weighted by Crippen LogP contribution is -2.17. The van der Waals surface area contributed by atoms with Gasteiger partial charge in [-0.3, -0.25) is 0 Å². The summed E-state index contributed by atoms with van der Waals surface area (Å²) in [7, 11) is 0. The number of benzene rings is 2. The number of carboxylic acids is 1. The van der Waals surface area contributed by atoms with Gasteiger partial charge in [0.05, 0.1) is 11.3 Å². The Morgan fingerprint density at radius 1 is 1.08 bits per heavy atom. The third-order valence-corrected chi connectivity index (χ3v) is 4.14. The first-order chi connectivity index (χ1) is 11.8. The molecule has 128 valence electrons. The molecule has 0 unspecified atom stereocenters. The summed E-state index contributed by atoms with van der Waals surface area (Å²) in [5.74, 6) is -1.33. The number of aromatic nitrogens is 1. The zero-order chi connectivity index (χ0) is 18.0. The number of nitrogens with zero attached hydrogens (tertiary/aromatic N) is 1. The number of ether oxygens (including phenoxy) is 1. The highest BCUT2D eigenvalue weighted by atomic mass is 32.1. The number of carbonyl (C=O) groups is 1. The SMILES string of the molecule is O=C(O)c1ccc(-c2nc(-c3cccc(OC(F)(F)F)c3)cs2)cc1. The molecule has 2 aromatic carbocycles. The van der Waals surface area contributed by atoms with Crippen LogP contribution in [0.15, 0.2) is 53.9 Å². The van der Waals surface area contributed by atoms with Crippen molar-refractivity contribution in [1.29, 1.82) is 0 Å². The van der Waals surface area contributed by atoms with Crippen LogP contribution in [0.2, 0.25) is 0 Å². The lowest BCUT2D eigenvalue weighted by atomic mass is 10.1. The minimum atomic E-state index is -4.75. The summed E-state index contributed by atoms with van der Waals surface area (Å²) < 4.78 is 40.8. The number of rotatable bonds is 4. The van der Waals surface area contributed by atoms with E-state index in [1.54, 1.807) is 23.6 Å². The predicted octanol–water partition coefficient (Wildman–Crippen LogP) is 5.07. The third kappa shape index (κ3) is 4.16. The van der Waals surface area contributed by atoms with Crippen LogP contribution in [-0.2, 0) is 0 Å². The van der Waals surface area contributed by atoms with Crippen LogP contribution in [-0.4, -0.2) is 22.4 Å². The van der Waals surface area contributed by atoms with E-state index in [1.807, 2.05) is 0 Å². The molecule has 0 aliphatic heterocycles. The highest BCUT2D eigenvalue weighted by molar-refractivity contribution is 7.13. The largest absolute Gasteiger partial charge is 0.573 e. The van der Waals surface area contributed by atoms with E-state index >= 15 is 0 Å². The van der Waals surface area contributed by atoms with Crippen molar-refractivity contribution < 1.29 is 27.8 Å². The first-order valence-electron chi connectivity index (χ1n) is 6.97. The average Bonchev–Trinajstić information content (AvgIpc) is 3.03. The van der Waals surface area contributed by atoms with Gasteiger partial charge in [0.25, 0.3) is 0 Å². The van der Waals surface area contributed by atoms with Crippen LogP contribution < -0.4 is 4.74 Å². The lowest BCUT2D eigenvalue weighted by molar-refractivity contribution is -0.274. The summed E-state index contributed by atoms with van der Waals surface area (Å²) in [4.78, 5) is 15.3. The molecule has 25 heavy (non-hydrogen) atoms. The van der Waals surface area contributed by atoms with Gasteiger partial charge in [0.15, 0.2) is 0 Å². The van der Waals surface area contributed by atoms with Crippen molar-refractivity contribution in [3.63, 3.8) is 0 Å². The molecule has 0 atom stereocenters. The van der Waals surface area contributed by atoms with Crippen LogP contribution in [0, 0.1) is 0 Å². The van der Waals surface area contributed by atoms with Crippen molar-refractivity contribution in [1.82, 2.24) is 4.98 Å². The summed E-state index contributed by atoms with van der Waals surface area (Å²) in [5.41, 5.74) is 1.89. The number of hydrogen-bond acceptors (Lipinski definition) is 4. The molecule has 0 bridgehead atoms. The van der Waals surface area contributed by atoms with E-state index in [0.29, 0.717) is 16.3 Å². The molecule has 0 fully saturated rings. The van der Waals surface area contributed by atoms with E-state index in [9.17, 15) is 18.0 Å². The van der Waals surface area contributed by atoms with Gasteiger partial charge < -0.3 is 9.84 Å². The van der Waals surface area contributed by atoms with Crippen molar-refractivity contribution in [2.24, 2.45) is 0 Å². The van der Waals surface area contributed by atoms with Crippen LogP contribution >= 0.6 is 11.3 Å². The van der Waals surface area contributed by atoms with Crippen LogP contribution in [0.4, 0.5) is 13.2 Å².